The fourth-order valence-corrected chi connectivity index (χ4v) is 4.12. The quantitative estimate of drug-likeness (QED) is 0.325. The van der Waals surface area contributed by atoms with Crippen molar-refractivity contribution in [2.45, 2.75) is 38.0 Å². The van der Waals surface area contributed by atoms with Crippen LogP contribution in [0.1, 0.15) is 17.7 Å². The van der Waals surface area contributed by atoms with E-state index in [1.54, 1.807) is 12.4 Å². The maximum absolute atomic E-state index is 12.6. The van der Waals surface area contributed by atoms with Crippen molar-refractivity contribution >= 4 is 23.8 Å². The number of amides is 1. The van der Waals surface area contributed by atoms with Gasteiger partial charge in [0.15, 0.2) is 0 Å². The Hall–Kier alpha value is -4.53. The molecule has 2 aromatic rings. The third kappa shape index (κ3) is 15.1. The molecule has 4 heterocycles. The van der Waals surface area contributed by atoms with Crippen LogP contribution >= 0.6 is 0 Å². The fourth-order valence-electron chi connectivity index (χ4n) is 4.12. The van der Waals surface area contributed by atoms with Gasteiger partial charge in [0.05, 0.1) is 18.9 Å². The van der Waals surface area contributed by atoms with Gasteiger partial charge in [0.25, 0.3) is 0 Å². The first kappa shape index (κ1) is 40.5. The van der Waals surface area contributed by atoms with Crippen LogP contribution in [-0.4, -0.2) is 98.8 Å². The second-order valence-corrected chi connectivity index (χ2v) is 9.79. The lowest BCUT2D eigenvalue weighted by atomic mass is 9.78. The largest absolute Gasteiger partial charge is 0.490 e. The summed E-state index contributed by atoms with van der Waals surface area (Å²) in [5, 5.41) is 24.4. The summed E-state index contributed by atoms with van der Waals surface area (Å²) < 4.78 is 101. The average Bonchev–Trinajstić information content (AvgIpc) is 3.48. The minimum atomic E-state index is -5.08. The molecule has 1 amide bonds. The van der Waals surface area contributed by atoms with E-state index in [1.807, 2.05) is 30.5 Å². The zero-order valence-electron chi connectivity index (χ0n) is 23.8. The third-order valence-electron chi connectivity index (χ3n) is 6.16. The lowest BCUT2D eigenvalue weighted by molar-refractivity contribution is -0.193. The predicted molar refractivity (Wildman–Crippen MR) is 138 cm³/mol. The molecule has 21 heteroatoms. The summed E-state index contributed by atoms with van der Waals surface area (Å²) in [6.07, 6.45) is -9.39. The maximum atomic E-state index is 12.6. The highest BCUT2D eigenvalue weighted by Gasteiger charge is 2.51. The van der Waals surface area contributed by atoms with Crippen molar-refractivity contribution in [2.24, 2.45) is 11.3 Å². The Morgan fingerprint density at radius 1 is 0.872 bits per heavy atom. The molecule has 2 aliphatic rings. The fraction of sp³-hybridized carbons (Fsp3) is 0.462. The second-order valence-electron chi connectivity index (χ2n) is 9.79. The van der Waals surface area contributed by atoms with Gasteiger partial charge < -0.3 is 25.4 Å². The summed E-state index contributed by atoms with van der Waals surface area (Å²) in [6.45, 7) is 4.61. The second kappa shape index (κ2) is 17.4. The summed E-state index contributed by atoms with van der Waals surface area (Å²) in [5.41, 5.74) is 2.01. The molecule has 0 radical (unpaired) electrons. The monoisotopic (exact) mass is 694 g/mol. The number of hydrogen-bond acceptors (Lipinski definition) is 8. The Labute approximate surface area is 259 Å². The van der Waals surface area contributed by atoms with Gasteiger partial charge in [-0.3, -0.25) is 19.7 Å². The number of fused-ring (bicyclic) bond motifs is 1. The van der Waals surface area contributed by atoms with Gasteiger partial charge in [0, 0.05) is 62.5 Å². The van der Waals surface area contributed by atoms with Gasteiger partial charge in [0.2, 0.25) is 5.91 Å². The van der Waals surface area contributed by atoms with Gasteiger partial charge in [-0.25, -0.2) is 14.4 Å². The van der Waals surface area contributed by atoms with Crippen LogP contribution in [0.15, 0.2) is 48.9 Å². The number of carbonyl (C=O) groups is 4. The van der Waals surface area contributed by atoms with Crippen LogP contribution in [0.5, 0.6) is 0 Å². The molecular weight excluding hydrogens is 667 g/mol. The van der Waals surface area contributed by atoms with E-state index >= 15 is 0 Å². The Kier molecular flexibility index (Phi) is 15.0. The van der Waals surface area contributed by atoms with E-state index in [2.05, 4.69) is 26.3 Å². The third-order valence-corrected chi connectivity index (χ3v) is 6.16. The minimum Gasteiger partial charge on any atom is -0.475 e. The van der Waals surface area contributed by atoms with Crippen LogP contribution in [0.25, 0.3) is 0 Å². The number of hydrogen-bond donors (Lipinski definition) is 4. The van der Waals surface area contributed by atoms with Crippen molar-refractivity contribution in [1.29, 1.82) is 0 Å². The lowest BCUT2D eigenvalue weighted by Gasteiger charge is -2.26. The number of nitrogens with zero attached hydrogens (tertiary/aromatic N) is 3. The van der Waals surface area contributed by atoms with Gasteiger partial charge in [-0.2, -0.15) is 39.5 Å². The Morgan fingerprint density at radius 3 is 1.87 bits per heavy atom. The van der Waals surface area contributed by atoms with E-state index < -0.39 is 36.4 Å². The number of carbonyl (C=O) groups excluding carboxylic acids is 1. The Bertz CT molecular complexity index is 1260. The van der Waals surface area contributed by atoms with Gasteiger partial charge in [-0.1, -0.05) is 12.1 Å². The summed E-state index contributed by atoms with van der Waals surface area (Å²) in [7, 11) is 0. The number of halogens is 9. The average molecular weight is 695 g/mol. The predicted octanol–water partition coefficient (Wildman–Crippen LogP) is 3.53. The normalized spacial score (nSPS) is 19.0. The zero-order valence-corrected chi connectivity index (χ0v) is 23.8. The van der Waals surface area contributed by atoms with E-state index in [-0.39, 0.29) is 11.3 Å². The van der Waals surface area contributed by atoms with Crippen molar-refractivity contribution in [3.05, 3.63) is 60.2 Å². The molecule has 12 nitrogen and oxygen atoms in total. The number of aromatic nitrogens is 2. The molecule has 0 spiro atoms. The van der Waals surface area contributed by atoms with E-state index in [1.165, 1.54) is 0 Å². The van der Waals surface area contributed by atoms with Crippen LogP contribution in [0, 0.1) is 11.3 Å². The van der Waals surface area contributed by atoms with Crippen molar-refractivity contribution < 1.29 is 78.7 Å². The van der Waals surface area contributed by atoms with Crippen molar-refractivity contribution in [3.63, 3.8) is 0 Å². The highest BCUT2D eigenvalue weighted by molar-refractivity contribution is 5.77. The Morgan fingerprint density at radius 2 is 1.43 bits per heavy atom. The zero-order chi connectivity index (χ0) is 36.1. The van der Waals surface area contributed by atoms with Crippen molar-refractivity contribution in [2.75, 3.05) is 26.3 Å². The molecule has 262 valence electrons. The van der Waals surface area contributed by atoms with E-state index in [0.717, 1.165) is 37.5 Å². The molecule has 2 fully saturated rings. The molecule has 0 unspecified atom stereocenters. The molecule has 2 saturated heterocycles. The van der Waals surface area contributed by atoms with Crippen LogP contribution in [0.4, 0.5) is 39.5 Å². The molecular formula is C26H27F9N4O8. The summed E-state index contributed by atoms with van der Waals surface area (Å²) in [6, 6.07) is 9.86. The smallest absolute Gasteiger partial charge is 0.475 e. The number of carboxylic acids is 3. The standard InChI is InChI=1S/C20H24N4O2.3C2HF3O2/c25-19(23-10-16-4-3-6-21-9-16)8-20-14-24(11-17(20)13-26-15-20)12-18-5-1-2-7-22-18;3*3-2(4,5)1(6)7/h1-7,9,17H,8,10-15H2,(H,23,25);3*(H,6,7)/t17-,20+;;;/m1.../s1. The molecule has 0 bridgehead atoms. The SMILES string of the molecule is O=C(C[C@]12COC[C@H]1CN(Cc1ccccn1)C2)NCc1cccnc1.O=C(O)C(F)(F)F.O=C(O)C(F)(F)F.O=C(O)C(F)(F)F. The molecule has 0 saturated carbocycles. The van der Waals surface area contributed by atoms with E-state index in [9.17, 15) is 44.3 Å². The first-order valence-corrected chi connectivity index (χ1v) is 12.8. The van der Waals surface area contributed by atoms with Gasteiger partial charge in [0.1, 0.15) is 0 Å². The van der Waals surface area contributed by atoms with E-state index in [4.69, 9.17) is 34.4 Å². The number of likely N-dealkylation sites (tertiary alicyclic amines) is 1. The molecule has 4 rings (SSSR count). The van der Waals surface area contributed by atoms with Crippen molar-refractivity contribution in [3.8, 4) is 0 Å². The van der Waals surface area contributed by atoms with Crippen LogP contribution < -0.4 is 5.32 Å². The van der Waals surface area contributed by atoms with Gasteiger partial charge in [-0.15, -0.1) is 0 Å². The molecule has 2 aromatic heterocycles. The molecule has 47 heavy (non-hydrogen) atoms. The minimum absolute atomic E-state index is 0.0756. The first-order valence-electron chi connectivity index (χ1n) is 12.8. The highest BCUT2D eigenvalue weighted by atomic mass is 19.4. The number of ether oxygens (including phenoxy) is 1. The Balaban J connectivity index is 0.000000430. The molecule has 2 atom stereocenters. The number of pyridine rings is 2. The molecule has 2 aliphatic heterocycles. The number of carboxylic acid groups (broad SMARTS) is 3. The number of aliphatic carboxylic acids is 3. The van der Waals surface area contributed by atoms with Gasteiger partial charge in [-0.05, 0) is 23.8 Å². The highest BCUT2D eigenvalue weighted by Crippen LogP contribution is 2.44. The molecule has 0 aliphatic carbocycles. The van der Waals surface area contributed by atoms with Crippen LogP contribution in [0.3, 0.4) is 0 Å². The number of rotatable bonds is 6. The maximum Gasteiger partial charge on any atom is 0.490 e. The lowest BCUT2D eigenvalue weighted by Crippen LogP contribution is -2.37. The molecule has 0 aromatic carbocycles. The molecule has 4 N–H and O–H groups in total. The summed E-state index contributed by atoms with van der Waals surface area (Å²) in [4.78, 5) is 50.2. The van der Waals surface area contributed by atoms with E-state index in [0.29, 0.717) is 25.5 Å². The number of alkyl halides is 9. The summed E-state index contributed by atoms with van der Waals surface area (Å²) >= 11 is 0. The number of nitrogens with one attached hydrogen (secondary N) is 1. The van der Waals surface area contributed by atoms with Crippen molar-refractivity contribution in [1.82, 2.24) is 20.2 Å². The first-order chi connectivity index (χ1) is 21.6. The van der Waals surface area contributed by atoms with Crippen LogP contribution in [-0.2, 0) is 37.0 Å². The van der Waals surface area contributed by atoms with Gasteiger partial charge >= 0.3 is 36.4 Å². The summed E-state index contributed by atoms with van der Waals surface area (Å²) in [5.74, 6) is -7.77. The topological polar surface area (TPSA) is 179 Å². The van der Waals surface area contributed by atoms with Crippen LogP contribution in [0.2, 0.25) is 0 Å².